The highest BCUT2D eigenvalue weighted by atomic mass is 16.5. The van der Waals surface area contributed by atoms with E-state index in [1.54, 1.807) is 0 Å². The maximum atomic E-state index is 10.1. The molecule has 0 heterocycles. The Morgan fingerprint density at radius 3 is 2.30 bits per heavy atom. The molecule has 0 aromatic rings. The van der Waals surface area contributed by atoms with Crippen LogP contribution in [0, 0.1) is 17.3 Å². The smallest absolute Gasteiger partial charge is 0.119 e. The lowest BCUT2D eigenvalue weighted by Gasteiger charge is -2.27. The Hall–Kier alpha value is -1.02. The van der Waals surface area contributed by atoms with Gasteiger partial charge in [-0.15, -0.1) is 0 Å². The summed E-state index contributed by atoms with van der Waals surface area (Å²) in [6.45, 7) is 12.7. The van der Waals surface area contributed by atoms with Crippen LogP contribution in [0.15, 0.2) is 36.1 Å². The van der Waals surface area contributed by atoms with Crippen LogP contribution in [0.5, 0.6) is 0 Å². The van der Waals surface area contributed by atoms with Gasteiger partial charge in [-0.25, -0.2) is 0 Å². The van der Waals surface area contributed by atoms with E-state index in [0.717, 1.165) is 5.76 Å². The number of ether oxygens (including phenoxy) is 1. The van der Waals surface area contributed by atoms with Crippen LogP contribution >= 0.6 is 0 Å². The summed E-state index contributed by atoms with van der Waals surface area (Å²) >= 11 is 0. The first-order chi connectivity index (χ1) is 9.21. The lowest BCUT2D eigenvalue weighted by molar-refractivity contribution is 0.0150. The summed E-state index contributed by atoms with van der Waals surface area (Å²) in [6, 6.07) is 0. The monoisotopic (exact) mass is 278 g/mol. The van der Waals surface area contributed by atoms with Crippen molar-refractivity contribution in [2.24, 2.45) is 17.3 Å². The predicted molar refractivity (Wildman–Crippen MR) is 85.3 cm³/mol. The molecule has 0 bridgehead atoms. The van der Waals surface area contributed by atoms with Crippen molar-refractivity contribution in [1.29, 1.82) is 0 Å². The number of allylic oxidation sites excluding steroid dienone is 5. The fourth-order valence-corrected chi connectivity index (χ4v) is 2.02. The van der Waals surface area contributed by atoms with Crippen molar-refractivity contribution in [2.75, 3.05) is 0 Å². The lowest BCUT2D eigenvalue weighted by atomic mass is 9.93. The van der Waals surface area contributed by atoms with Gasteiger partial charge in [-0.05, 0) is 24.0 Å². The minimum absolute atomic E-state index is 0.0397. The van der Waals surface area contributed by atoms with Gasteiger partial charge in [-0.3, -0.25) is 0 Å². The summed E-state index contributed by atoms with van der Waals surface area (Å²) in [4.78, 5) is 0. The molecule has 1 N–H and O–H groups in total. The Bertz CT molecular complexity index is 386. The Balaban J connectivity index is 2.72. The van der Waals surface area contributed by atoms with Crippen molar-refractivity contribution >= 4 is 0 Å². The number of hydrogen-bond acceptors (Lipinski definition) is 2. The van der Waals surface area contributed by atoms with Crippen molar-refractivity contribution < 1.29 is 9.84 Å². The molecule has 0 saturated heterocycles. The molecule has 2 atom stereocenters. The molecule has 0 fully saturated rings. The fraction of sp³-hybridized carbons (Fsp3) is 0.667. The molecule has 0 saturated carbocycles. The summed E-state index contributed by atoms with van der Waals surface area (Å²) < 4.78 is 6.11. The molecule has 0 unspecified atom stereocenters. The van der Waals surface area contributed by atoms with Crippen LogP contribution in [-0.2, 0) is 4.74 Å². The molecule has 114 valence electrons. The highest BCUT2D eigenvalue weighted by molar-refractivity contribution is 5.27. The third-order valence-corrected chi connectivity index (χ3v) is 3.74. The van der Waals surface area contributed by atoms with Crippen LogP contribution in [0.4, 0.5) is 0 Å². The highest BCUT2D eigenvalue weighted by Gasteiger charge is 2.22. The molecule has 0 amide bonds. The van der Waals surface area contributed by atoms with E-state index >= 15 is 0 Å². The van der Waals surface area contributed by atoms with Gasteiger partial charge in [0.25, 0.3) is 0 Å². The minimum atomic E-state index is -0.315. The van der Waals surface area contributed by atoms with Gasteiger partial charge in [0.1, 0.15) is 11.9 Å². The van der Waals surface area contributed by atoms with Gasteiger partial charge < -0.3 is 9.84 Å². The number of aliphatic hydroxyl groups is 1. The van der Waals surface area contributed by atoms with Crippen LogP contribution in [0.25, 0.3) is 0 Å². The second kappa shape index (κ2) is 7.12. The van der Waals surface area contributed by atoms with Gasteiger partial charge in [-0.1, -0.05) is 59.8 Å². The van der Waals surface area contributed by atoms with Crippen LogP contribution in [-0.4, -0.2) is 17.3 Å². The zero-order valence-corrected chi connectivity index (χ0v) is 13.8. The topological polar surface area (TPSA) is 29.5 Å². The molecule has 2 heteroatoms. The van der Waals surface area contributed by atoms with Gasteiger partial charge >= 0.3 is 0 Å². The van der Waals surface area contributed by atoms with Crippen molar-refractivity contribution in [3.8, 4) is 0 Å². The molecule has 0 spiro atoms. The second-order valence-electron chi connectivity index (χ2n) is 7.03. The van der Waals surface area contributed by atoms with Gasteiger partial charge in [0.2, 0.25) is 0 Å². The SMILES string of the molecule is CC(C)[C@H](C[C@H](O)C(C)C)OC1=CC=CC(C)(C)C=C1. The lowest BCUT2D eigenvalue weighted by Crippen LogP contribution is -2.28. The van der Waals surface area contributed by atoms with Crippen LogP contribution in [0.3, 0.4) is 0 Å². The molecule has 0 aliphatic heterocycles. The van der Waals surface area contributed by atoms with Crippen LogP contribution in [0.2, 0.25) is 0 Å². The van der Waals surface area contributed by atoms with E-state index in [4.69, 9.17) is 4.74 Å². The maximum Gasteiger partial charge on any atom is 0.119 e. The van der Waals surface area contributed by atoms with Crippen LogP contribution in [0.1, 0.15) is 48.0 Å². The summed E-state index contributed by atoms with van der Waals surface area (Å²) in [5.41, 5.74) is 0.0619. The van der Waals surface area contributed by atoms with Crippen molar-refractivity contribution in [1.82, 2.24) is 0 Å². The maximum absolute atomic E-state index is 10.1. The average molecular weight is 278 g/mol. The molecular weight excluding hydrogens is 248 g/mol. The standard InChI is InChI=1S/C18H30O2/c1-13(2)16(19)12-17(14(3)4)20-15-8-7-10-18(5,6)11-9-15/h7-11,13-14,16-17,19H,12H2,1-6H3/t16-,17-/m0/s1. The van der Waals surface area contributed by atoms with Crippen molar-refractivity contribution in [3.63, 3.8) is 0 Å². The first kappa shape index (κ1) is 17.0. The largest absolute Gasteiger partial charge is 0.490 e. The van der Waals surface area contributed by atoms with E-state index in [1.807, 2.05) is 32.1 Å². The van der Waals surface area contributed by atoms with Gasteiger partial charge in [0.15, 0.2) is 0 Å². The van der Waals surface area contributed by atoms with Gasteiger partial charge in [-0.2, -0.15) is 0 Å². The normalized spacial score (nSPS) is 20.8. The summed E-state index contributed by atoms with van der Waals surface area (Å²) in [7, 11) is 0. The van der Waals surface area contributed by atoms with E-state index in [9.17, 15) is 5.11 Å². The molecule has 0 aromatic carbocycles. The molecule has 1 aliphatic rings. The Morgan fingerprint density at radius 2 is 1.75 bits per heavy atom. The van der Waals surface area contributed by atoms with Crippen molar-refractivity contribution in [2.45, 2.75) is 60.2 Å². The molecule has 2 nitrogen and oxygen atoms in total. The van der Waals surface area contributed by atoms with E-state index in [2.05, 4.69) is 39.8 Å². The quantitative estimate of drug-likeness (QED) is 0.776. The third kappa shape index (κ3) is 5.54. The van der Waals surface area contributed by atoms with Gasteiger partial charge in [0, 0.05) is 11.8 Å². The minimum Gasteiger partial charge on any atom is -0.490 e. The van der Waals surface area contributed by atoms with E-state index < -0.39 is 0 Å². The summed E-state index contributed by atoms with van der Waals surface area (Å²) in [5, 5.41) is 10.1. The van der Waals surface area contributed by atoms with Gasteiger partial charge in [0.05, 0.1) is 6.10 Å². The third-order valence-electron chi connectivity index (χ3n) is 3.74. The number of aliphatic hydroxyl groups excluding tert-OH is 1. The molecule has 0 radical (unpaired) electrons. The van der Waals surface area contributed by atoms with E-state index in [1.165, 1.54) is 0 Å². The molecule has 1 rings (SSSR count). The molecule has 1 aliphatic carbocycles. The van der Waals surface area contributed by atoms with Crippen molar-refractivity contribution in [3.05, 3.63) is 36.1 Å². The van der Waals surface area contributed by atoms with E-state index in [0.29, 0.717) is 12.3 Å². The molecule has 0 aromatic heterocycles. The zero-order chi connectivity index (χ0) is 15.3. The zero-order valence-electron chi connectivity index (χ0n) is 13.8. The number of rotatable bonds is 6. The summed E-state index contributed by atoms with van der Waals surface area (Å²) in [5.74, 6) is 1.51. The fourth-order valence-electron chi connectivity index (χ4n) is 2.02. The average Bonchev–Trinajstić information content (AvgIpc) is 2.49. The first-order valence-electron chi connectivity index (χ1n) is 7.65. The molecular formula is C18H30O2. The number of hydrogen-bond donors (Lipinski definition) is 1. The first-order valence-corrected chi connectivity index (χ1v) is 7.65. The highest BCUT2D eigenvalue weighted by Crippen LogP contribution is 2.25. The summed E-state index contributed by atoms with van der Waals surface area (Å²) in [6.07, 6.45) is 10.8. The van der Waals surface area contributed by atoms with E-state index in [-0.39, 0.29) is 23.5 Å². The Morgan fingerprint density at radius 1 is 1.10 bits per heavy atom. The Kier molecular flexibility index (Phi) is 6.07. The Labute approximate surface area is 124 Å². The second-order valence-corrected chi connectivity index (χ2v) is 7.03. The molecule has 20 heavy (non-hydrogen) atoms. The van der Waals surface area contributed by atoms with Crippen LogP contribution < -0.4 is 0 Å². The predicted octanol–water partition coefficient (Wildman–Crippen LogP) is 4.47.